The Morgan fingerprint density at radius 1 is 1.22 bits per heavy atom. The number of carbonyl (C=O) groups excluding carboxylic acids is 2. The first-order chi connectivity index (χ1) is 10.9. The van der Waals surface area contributed by atoms with Crippen molar-refractivity contribution in [1.82, 2.24) is 10.6 Å². The first-order valence-electron chi connectivity index (χ1n) is 7.95. The number of hydrogen-bond donors (Lipinski definition) is 3. The second-order valence-corrected chi connectivity index (χ2v) is 6.43. The van der Waals surface area contributed by atoms with E-state index >= 15 is 0 Å². The summed E-state index contributed by atoms with van der Waals surface area (Å²) in [7, 11) is 0. The Bertz CT molecular complexity index is 503. The van der Waals surface area contributed by atoms with E-state index in [9.17, 15) is 9.59 Å². The molecule has 0 heterocycles. The van der Waals surface area contributed by atoms with Gasteiger partial charge in [-0.05, 0) is 43.0 Å². The molecule has 1 rings (SSSR count). The zero-order valence-corrected chi connectivity index (χ0v) is 14.5. The van der Waals surface area contributed by atoms with E-state index in [0.717, 1.165) is 6.42 Å². The van der Waals surface area contributed by atoms with Gasteiger partial charge in [-0.2, -0.15) is 0 Å². The molecule has 0 aliphatic heterocycles. The van der Waals surface area contributed by atoms with Crippen molar-refractivity contribution in [2.24, 2.45) is 11.7 Å². The summed E-state index contributed by atoms with van der Waals surface area (Å²) in [6, 6.07) is 6.70. The Morgan fingerprint density at radius 3 is 2.43 bits per heavy atom. The first-order valence-corrected chi connectivity index (χ1v) is 8.33. The van der Waals surface area contributed by atoms with Gasteiger partial charge in [0.15, 0.2) is 0 Å². The van der Waals surface area contributed by atoms with Gasteiger partial charge in [-0.25, -0.2) is 0 Å². The highest BCUT2D eigenvalue weighted by molar-refractivity contribution is 6.30. The van der Waals surface area contributed by atoms with Crippen LogP contribution in [0.2, 0.25) is 5.02 Å². The minimum Gasteiger partial charge on any atom is -0.352 e. The summed E-state index contributed by atoms with van der Waals surface area (Å²) < 4.78 is 0. The van der Waals surface area contributed by atoms with Gasteiger partial charge in [0.1, 0.15) is 0 Å². The fourth-order valence-corrected chi connectivity index (χ4v) is 2.36. The molecule has 6 heteroatoms. The van der Waals surface area contributed by atoms with Crippen molar-refractivity contribution in [3.63, 3.8) is 0 Å². The molecule has 4 N–H and O–H groups in total. The highest BCUT2D eigenvalue weighted by Gasteiger charge is 2.12. The fourth-order valence-electron chi connectivity index (χ4n) is 2.24. The summed E-state index contributed by atoms with van der Waals surface area (Å²) in [5.41, 5.74) is 6.21. The highest BCUT2D eigenvalue weighted by Crippen LogP contribution is 2.09. The Hall–Kier alpha value is -1.59. The minimum absolute atomic E-state index is 0.0196. The third-order valence-corrected chi connectivity index (χ3v) is 3.63. The molecule has 1 aromatic carbocycles. The molecule has 0 aliphatic carbocycles. The molecule has 0 saturated carbocycles. The number of hydrogen-bond acceptors (Lipinski definition) is 3. The predicted octanol–water partition coefficient (Wildman–Crippen LogP) is 2.34. The number of rotatable bonds is 9. The quantitative estimate of drug-likeness (QED) is 0.604. The van der Waals surface area contributed by atoms with Crippen molar-refractivity contribution in [1.29, 1.82) is 0 Å². The van der Waals surface area contributed by atoms with Gasteiger partial charge in [0, 0.05) is 36.1 Å². The summed E-state index contributed by atoms with van der Waals surface area (Å²) in [6.07, 6.45) is 1.83. The van der Waals surface area contributed by atoms with Crippen LogP contribution in [-0.4, -0.2) is 30.9 Å². The SMILES string of the molecule is CC(C)CC(CN)NC(=O)CCCNC(=O)c1ccc(Cl)cc1. The lowest BCUT2D eigenvalue weighted by atomic mass is 10.0. The van der Waals surface area contributed by atoms with Gasteiger partial charge in [0.05, 0.1) is 0 Å². The van der Waals surface area contributed by atoms with E-state index < -0.39 is 0 Å². The Morgan fingerprint density at radius 2 is 1.87 bits per heavy atom. The van der Waals surface area contributed by atoms with Crippen LogP contribution in [0, 0.1) is 5.92 Å². The van der Waals surface area contributed by atoms with Crippen molar-refractivity contribution >= 4 is 23.4 Å². The molecular formula is C17H26ClN3O2. The molecule has 0 saturated heterocycles. The molecule has 2 amide bonds. The molecule has 1 atom stereocenters. The summed E-state index contributed by atoms with van der Waals surface area (Å²) in [6.45, 7) is 5.09. The van der Waals surface area contributed by atoms with Crippen LogP contribution in [0.1, 0.15) is 43.5 Å². The fraction of sp³-hybridized carbons (Fsp3) is 0.529. The van der Waals surface area contributed by atoms with Gasteiger partial charge in [-0.15, -0.1) is 0 Å². The summed E-state index contributed by atoms with van der Waals surface area (Å²) in [4.78, 5) is 23.7. The molecule has 5 nitrogen and oxygen atoms in total. The Labute approximate surface area is 143 Å². The monoisotopic (exact) mass is 339 g/mol. The molecule has 0 radical (unpaired) electrons. The van der Waals surface area contributed by atoms with Gasteiger partial charge in [-0.1, -0.05) is 25.4 Å². The summed E-state index contributed by atoms with van der Waals surface area (Å²) in [5.74, 6) is 0.297. The predicted molar refractivity (Wildman–Crippen MR) is 93.5 cm³/mol. The molecule has 0 aliphatic rings. The number of benzene rings is 1. The van der Waals surface area contributed by atoms with Crippen LogP contribution >= 0.6 is 11.6 Å². The Balaban J connectivity index is 2.24. The number of amides is 2. The van der Waals surface area contributed by atoms with E-state index in [0.29, 0.717) is 42.4 Å². The lowest BCUT2D eigenvalue weighted by Crippen LogP contribution is -2.41. The topological polar surface area (TPSA) is 84.2 Å². The lowest BCUT2D eigenvalue weighted by Gasteiger charge is -2.18. The largest absolute Gasteiger partial charge is 0.352 e. The molecule has 23 heavy (non-hydrogen) atoms. The molecule has 0 spiro atoms. The van der Waals surface area contributed by atoms with Gasteiger partial charge in [0.25, 0.3) is 5.91 Å². The molecule has 128 valence electrons. The van der Waals surface area contributed by atoms with Gasteiger partial charge >= 0.3 is 0 Å². The third-order valence-electron chi connectivity index (χ3n) is 3.38. The number of halogens is 1. The summed E-state index contributed by atoms with van der Waals surface area (Å²) in [5, 5.41) is 6.31. The molecular weight excluding hydrogens is 314 g/mol. The van der Waals surface area contributed by atoms with Crippen LogP contribution in [0.25, 0.3) is 0 Å². The molecule has 0 fully saturated rings. The zero-order chi connectivity index (χ0) is 17.2. The zero-order valence-electron chi connectivity index (χ0n) is 13.8. The van der Waals surface area contributed by atoms with Gasteiger partial charge < -0.3 is 16.4 Å². The number of nitrogens with two attached hydrogens (primary N) is 1. The lowest BCUT2D eigenvalue weighted by molar-refractivity contribution is -0.121. The van der Waals surface area contributed by atoms with Gasteiger partial charge in [-0.3, -0.25) is 9.59 Å². The molecule has 0 bridgehead atoms. The number of carbonyl (C=O) groups is 2. The average Bonchev–Trinajstić information content (AvgIpc) is 2.50. The molecule has 1 unspecified atom stereocenters. The van der Waals surface area contributed by atoms with E-state index in [4.69, 9.17) is 17.3 Å². The second-order valence-electron chi connectivity index (χ2n) is 6.00. The van der Waals surface area contributed by atoms with E-state index in [1.807, 2.05) is 0 Å². The first kappa shape index (κ1) is 19.5. The number of nitrogens with one attached hydrogen (secondary N) is 2. The highest BCUT2D eigenvalue weighted by atomic mass is 35.5. The third kappa shape index (κ3) is 8.00. The van der Waals surface area contributed by atoms with Crippen LogP contribution < -0.4 is 16.4 Å². The summed E-state index contributed by atoms with van der Waals surface area (Å²) >= 11 is 5.78. The standard InChI is InChI=1S/C17H26ClN3O2/c1-12(2)10-15(11-19)21-16(22)4-3-9-20-17(23)13-5-7-14(18)8-6-13/h5-8,12,15H,3-4,9-11,19H2,1-2H3,(H,20,23)(H,21,22). The maximum absolute atomic E-state index is 11.9. The van der Waals surface area contributed by atoms with Crippen LogP contribution in [0.5, 0.6) is 0 Å². The maximum Gasteiger partial charge on any atom is 0.251 e. The van der Waals surface area contributed by atoms with Crippen LogP contribution in [0.15, 0.2) is 24.3 Å². The van der Waals surface area contributed by atoms with Crippen molar-refractivity contribution in [3.8, 4) is 0 Å². The smallest absolute Gasteiger partial charge is 0.251 e. The van der Waals surface area contributed by atoms with E-state index in [2.05, 4.69) is 24.5 Å². The van der Waals surface area contributed by atoms with Crippen molar-refractivity contribution < 1.29 is 9.59 Å². The normalized spacial score (nSPS) is 12.0. The Kier molecular flexibility index (Phi) is 8.66. The van der Waals surface area contributed by atoms with Crippen LogP contribution in [0.3, 0.4) is 0 Å². The second kappa shape index (κ2) is 10.2. The molecule has 0 aromatic heterocycles. The van der Waals surface area contributed by atoms with Crippen LogP contribution in [0.4, 0.5) is 0 Å². The van der Waals surface area contributed by atoms with Crippen molar-refractivity contribution in [2.75, 3.05) is 13.1 Å². The maximum atomic E-state index is 11.9. The van der Waals surface area contributed by atoms with E-state index in [1.54, 1.807) is 24.3 Å². The van der Waals surface area contributed by atoms with Gasteiger partial charge in [0.2, 0.25) is 5.91 Å². The average molecular weight is 340 g/mol. The van der Waals surface area contributed by atoms with E-state index in [1.165, 1.54) is 0 Å². The van der Waals surface area contributed by atoms with Crippen molar-refractivity contribution in [2.45, 2.75) is 39.2 Å². The van der Waals surface area contributed by atoms with E-state index in [-0.39, 0.29) is 17.9 Å². The van der Waals surface area contributed by atoms with Crippen LogP contribution in [-0.2, 0) is 4.79 Å². The molecule has 1 aromatic rings. The van der Waals surface area contributed by atoms with Crippen molar-refractivity contribution in [3.05, 3.63) is 34.9 Å². The minimum atomic E-state index is -0.165.